The fourth-order valence-corrected chi connectivity index (χ4v) is 2.41. The third-order valence-electron chi connectivity index (χ3n) is 3.16. The van der Waals surface area contributed by atoms with Crippen LogP contribution in [0.25, 0.3) is 0 Å². The van der Waals surface area contributed by atoms with Gasteiger partial charge in [0.05, 0.1) is 7.11 Å². The normalized spacial score (nSPS) is 19.7. The van der Waals surface area contributed by atoms with E-state index >= 15 is 0 Å². The van der Waals surface area contributed by atoms with E-state index in [1.54, 1.807) is 7.11 Å². The fraction of sp³-hybridized carbons (Fsp3) is 0.538. The van der Waals surface area contributed by atoms with E-state index in [4.69, 9.17) is 4.74 Å². The van der Waals surface area contributed by atoms with Gasteiger partial charge in [-0.2, -0.15) is 0 Å². The number of nitrogens with one attached hydrogen (secondary N) is 1. The van der Waals surface area contributed by atoms with Crippen LogP contribution in [0.4, 0.5) is 0 Å². The summed E-state index contributed by atoms with van der Waals surface area (Å²) in [5, 5.41) is 3.52. The molecule has 0 radical (unpaired) electrons. The first-order valence-corrected chi connectivity index (χ1v) is 5.73. The van der Waals surface area contributed by atoms with Gasteiger partial charge >= 0.3 is 0 Å². The maximum Gasteiger partial charge on any atom is 0.122 e. The summed E-state index contributed by atoms with van der Waals surface area (Å²) in [7, 11) is 1.76. The van der Waals surface area contributed by atoms with Gasteiger partial charge in [0.2, 0.25) is 0 Å². The molecule has 2 nitrogen and oxygen atoms in total. The maximum atomic E-state index is 5.41. The van der Waals surface area contributed by atoms with Gasteiger partial charge in [0, 0.05) is 6.04 Å². The van der Waals surface area contributed by atoms with Crippen LogP contribution in [-0.4, -0.2) is 19.7 Å². The average Bonchev–Trinajstić information content (AvgIpc) is 2.28. The SMILES string of the molecule is CCN[C@H]1CCc2cccc(OC)c2C1. The second-order valence-electron chi connectivity index (χ2n) is 4.10. The first kappa shape index (κ1) is 10.5. The minimum absolute atomic E-state index is 0.624. The number of methoxy groups -OCH3 is 1. The van der Waals surface area contributed by atoms with E-state index in [1.165, 1.54) is 24.0 Å². The Morgan fingerprint density at radius 3 is 3.07 bits per heavy atom. The Balaban J connectivity index is 2.22. The number of likely N-dealkylation sites (N-methyl/N-ethyl adjacent to an activating group) is 1. The van der Waals surface area contributed by atoms with Crippen LogP contribution in [0.1, 0.15) is 24.5 Å². The highest BCUT2D eigenvalue weighted by Gasteiger charge is 2.20. The minimum Gasteiger partial charge on any atom is -0.496 e. The number of aryl methyl sites for hydroxylation is 1. The molecule has 0 saturated heterocycles. The summed E-state index contributed by atoms with van der Waals surface area (Å²) in [6.07, 6.45) is 3.52. The zero-order valence-electron chi connectivity index (χ0n) is 9.55. The highest BCUT2D eigenvalue weighted by molar-refractivity contribution is 5.42. The van der Waals surface area contributed by atoms with Crippen LogP contribution in [0.15, 0.2) is 18.2 Å². The molecule has 1 N–H and O–H groups in total. The Morgan fingerprint density at radius 2 is 2.33 bits per heavy atom. The lowest BCUT2D eigenvalue weighted by atomic mass is 9.87. The molecular weight excluding hydrogens is 186 g/mol. The Bertz CT molecular complexity index is 321. The van der Waals surface area contributed by atoms with Crippen molar-refractivity contribution in [3.63, 3.8) is 0 Å². The lowest BCUT2D eigenvalue weighted by molar-refractivity contribution is 0.395. The molecule has 1 aliphatic rings. The molecule has 1 aliphatic carbocycles. The molecule has 0 spiro atoms. The van der Waals surface area contributed by atoms with Crippen LogP contribution >= 0.6 is 0 Å². The fourth-order valence-electron chi connectivity index (χ4n) is 2.41. The van der Waals surface area contributed by atoms with E-state index in [9.17, 15) is 0 Å². The molecule has 0 aromatic heterocycles. The molecular formula is C13H19NO. The molecule has 15 heavy (non-hydrogen) atoms. The van der Waals surface area contributed by atoms with Crippen molar-refractivity contribution >= 4 is 0 Å². The predicted molar refractivity (Wildman–Crippen MR) is 62.5 cm³/mol. The van der Waals surface area contributed by atoms with Crippen molar-refractivity contribution in [2.45, 2.75) is 32.2 Å². The Morgan fingerprint density at radius 1 is 1.47 bits per heavy atom. The molecule has 1 aromatic carbocycles. The van der Waals surface area contributed by atoms with Gasteiger partial charge in [-0.1, -0.05) is 19.1 Å². The van der Waals surface area contributed by atoms with Gasteiger partial charge in [-0.15, -0.1) is 0 Å². The predicted octanol–water partition coefficient (Wildman–Crippen LogP) is 2.16. The number of fused-ring (bicyclic) bond motifs is 1. The Kier molecular flexibility index (Phi) is 3.27. The zero-order valence-corrected chi connectivity index (χ0v) is 9.55. The second-order valence-corrected chi connectivity index (χ2v) is 4.10. The van der Waals surface area contributed by atoms with E-state index in [0.29, 0.717) is 6.04 Å². The molecule has 0 heterocycles. The van der Waals surface area contributed by atoms with E-state index in [-0.39, 0.29) is 0 Å². The first-order valence-electron chi connectivity index (χ1n) is 5.73. The van der Waals surface area contributed by atoms with Gasteiger partial charge in [0.1, 0.15) is 5.75 Å². The van der Waals surface area contributed by atoms with Gasteiger partial charge in [-0.05, 0) is 43.0 Å². The molecule has 1 atom stereocenters. The van der Waals surface area contributed by atoms with Gasteiger partial charge in [0.25, 0.3) is 0 Å². The largest absolute Gasteiger partial charge is 0.496 e. The van der Waals surface area contributed by atoms with Gasteiger partial charge in [0.15, 0.2) is 0 Å². The van der Waals surface area contributed by atoms with Crippen molar-refractivity contribution in [3.05, 3.63) is 29.3 Å². The van der Waals surface area contributed by atoms with Gasteiger partial charge in [-0.25, -0.2) is 0 Å². The smallest absolute Gasteiger partial charge is 0.122 e. The number of hydrogen-bond donors (Lipinski definition) is 1. The number of rotatable bonds is 3. The molecule has 82 valence electrons. The van der Waals surface area contributed by atoms with E-state index < -0.39 is 0 Å². The van der Waals surface area contributed by atoms with Gasteiger partial charge in [-0.3, -0.25) is 0 Å². The average molecular weight is 205 g/mol. The topological polar surface area (TPSA) is 21.3 Å². The molecule has 0 aliphatic heterocycles. The Labute approximate surface area is 91.6 Å². The third kappa shape index (κ3) is 2.15. The van der Waals surface area contributed by atoms with Crippen LogP contribution in [0.2, 0.25) is 0 Å². The van der Waals surface area contributed by atoms with Crippen LogP contribution in [-0.2, 0) is 12.8 Å². The molecule has 0 fully saturated rings. The quantitative estimate of drug-likeness (QED) is 0.816. The summed E-state index contributed by atoms with van der Waals surface area (Å²) in [6, 6.07) is 7.00. The highest BCUT2D eigenvalue weighted by Crippen LogP contribution is 2.29. The second kappa shape index (κ2) is 4.67. The lowest BCUT2D eigenvalue weighted by Gasteiger charge is -2.26. The summed E-state index contributed by atoms with van der Waals surface area (Å²) in [5.41, 5.74) is 2.86. The summed E-state index contributed by atoms with van der Waals surface area (Å²) < 4.78 is 5.41. The van der Waals surface area contributed by atoms with Crippen LogP contribution in [0, 0.1) is 0 Å². The summed E-state index contributed by atoms with van der Waals surface area (Å²) in [5.74, 6) is 1.05. The molecule has 1 aromatic rings. The maximum absolute atomic E-state index is 5.41. The first-order chi connectivity index (χ1) is 7.35. The molecule has 0 amide bonds. The van der Waals surface area contributed by atoms with Crippen molar-refractivity contribution in [1.29, 1.82) is 0 Å². The van der Waals surface area contributed by atoms with Crippen molar-refractivity contribution in [3.8, 4) is 5.75 Å². The monoisotopic (exact) mass is 205 g/mol. The van der Waals surface area contributed by atoms with E-state index in [0.717, 1.165) is 18.7 Å². The summed E-state index contributed by atoms with van der Waals surface area (Å²) in [6.45, 7) is 3.22. The molecule has 0 bridgehead atoms. The van der Waals surface area contributed by atoms with Gasteiger partial charge < -0.3 is 10.1 Å². The van der Waals surface area contributed by atoms with Crippen LogP contribution in [0.5, 0.6) is 5.75 Å². The number of benzene rings is 1. The highest BCUT2D eigenvalue weighted by atomic mass is 16.5. The minimum atomic E-state index is 0.624. The van der Waals surface area contributed by atoms with Crippen molar-refractivity contribution in [2.24, 2.45) is 0 Å². The number of ether oxygens (including phenoxy) is 1. The molecule has 2 heteroatoms. The molecule has 0 saturated carbocycles. The van der Waals surface area contributed by atoms with Crippen LogP contribution < -0.4 is 10.1 Å². The molecule has 0 unspecified atom stereocenters. The van der Waals surface area contributed by atoms with Crippen molar-refractivity contribution in [2.75, 3.05) is 13.7 Å². The van der Waals surface area contributed by atoms with Crippen molar-refractivity contribution < 1.29 is 4.74 Å². The number of hydrogen-bond acceptors (Lipinski definition) is 2. The summed E-state index contributed by atoms with van der Waals surface area (Å²) in [4.78, 5) is 0. The van der Waals surface area contributed by atoms with E-state index in [1.807, 2.05) is 0 Å². The summed E-state index contributed by atoms with van der Waals surface area (Å²) >= 11 is 0. The van der Waals surface area contributed by atoms with Crippen LogP contribution in [0.3, 0.4) is 0 Å². The van der Waals surface area contributed by atoms with Crippen molar-refractivity contribution in [1.82, 2.24) is 5.32 Å². The zero-order chi connectivity index (χ0) is 10.7. The Hall–Kier alpha value is -1.02. The van der Waals surface area contributed by atoms with E-state index in [2.05, 4.69) is 30.4 Å². The lowest BCUT2D eigenvalue weighted by Crippen LogP contribution is -2.34. The standard InChI is InChI=1S/C13H19NO/c1-3-14-11-8-7-10-5-4-6-13(15-2)12(10)9-11/h4-6,11,14H,3,7-9H2,1-2H3/t11-/m0/s1. The third-order valence-corrected chi connectivity index (χ3v) is 3.16. The molecule has 2 rings (SSSR count).